The molecule has 7 heteroatoms. The van der Waals surface area contributed by atoms with E-state index >= 15 is 0 Å². The molecule has 1 amide bonds. The van der Waals surface area contributed by atoms with Crippen LogP contribution in [0.5, 0.6) is 0 Å². The lowest BCUT2D eigenvalue weighted by molar-refractivity contribution is 0.0696. The predicted molar refractivity (Wildman–Crippen MR) is 75.6 cm³/mol. The van der Waals surface area contributed by atoms with E-state index in [2.05, 4.69) is 10.3 Å². The van der Waals surface area contributed by atoms with Crippen LogP contribution in [0.25, 0.3) is 0 Å². The number of hydrogen-bond donors (Lipinski definition) is 2. The highest BCUT2D eigenvalue weighted by Crippen LogP contribution is 2.23. The zero-order chi connectivity index (χ0) is 14.7. The quantitative estimate of drug-likeness (QED) is 0.852. The number of hydrogen-bond acceptors (Lipinski definition) is 3. The van der Waals surface area contributed by atoms with Crippen molar-refractivity contribution in [3.63, 3.8) is 0 Å². The van der Waals surface area contributed by atoms with Crippen LogP contribution in [-0.4, -0.2) is 22.0 Å². The number of pyridine rings is 1. The zero-order valence-electron chi connectivity index (χ0n) is 9.93. The molecule has 0 aliphatic rings. The average molecular weight is 311 g/mol. The van der Waals surface area contributed by atoms with E-state index < -0.39 is 11.9 Å². The molecule has 102 valence electrons. The molecule has 1 aromatic carbocycles. The highest BCUT2D eigenvalue weighted by atomic mass is 35.5. The minimum Gasteiger partial charge on any atom is -0.478 e. The standard InChI is InChI=1S/C13H8Cl2N2O3/c14-8-6-7(13(19)20)4-5-9(8)17-12(18)10-2-1-3-11(15)16-10/h1-6H,(H,17,18)(H,19,20). The molecule has 0 saturated heterocycles. The van der Waals surface area contributed by atoms with Crippen molar-refractivity contribution in [1.29, 1.82) is 0 Å². The highest BCUT2D eigenvalue weighted by molar-refractivity contribution is 6.34. The van der Waals surface area contributed by atoms with Crippen molar-refractivity contribution < 1.29 is 14.7 Å². The Morgan fingerprint density at radius 2 is 1.90 bits per heavy atom. The molecule has 0 fully saturated rings. The molecule has 0 bridgehead atoms. The molecular formula is C13H8Cl2N2O3. The smallest absolute Gasteiger partial charge is 0.335 e. The molecule has 2 rings (SSSR count). The summed E-state index contributed by atoms with van der Waals surface area (Å²) < 4.78 is 0. The Bertz CT molecular complexity index is 689. The maximum Gasteiger partial charge on any atom is 0.335 e. The first-order valence-corrected chi connectivity index (χ1v) is 6.20. The number of rotatable bonds is 3. The fourth-order valence-corrected chi connectivity index (χ4v) is 1.86. The molecular weight excluding hydrogens is 303 g/mol. The van der Waals surface area contributed by atoms with E-state index in [1.165, 1.54) is 24.3 Å². The molecule has 0 saturated carbocycles. The van der Waals surface area contributed by atoms with Crippen LogP contribution in [0, 0.1) is 0 Å². The van der Waals surface area contributed by atoms with Gasteiger partial charge in [-0.25, -0.2) is 9.78 Å². The van der Waals surface area contributed by atoms with E-state index in [1.807, 2.05) is 0 Å². The van der Waals surface area contributed by atoms with Gasteiger partial charge in [0.05, 0.1) is 16.3 Å². The Hall–Kier alpha value is -2.11. The number of halogens is 2. The molecule has 0 aliphatic heterocycles. The minimum absolute atomic E-state index is 0.0360. The molecule has 0 aliphatic carbocycles. The van der Waals surface area contributed by atoms with E-state index in [4.69, 9.17) is 28.3 Å². The Labute approximate surface area is 124 Å². The SMILES string of the molecule is O=C(O)c1ccc(NC(=O)c2cccc(Cl)n2)c(Cl)c1. The van der Waals surface area contributed by atoms with Crippen LogP contribution in [0.4, 0.5) is 5.69 Å². The molecule has 0 unspecified atom stereocenters. The number of nitrogens with one attached hydrogen (secondary N) is 1. The number of carbonyl (C=O) groups is 2. The summed E-state index contributed by atoms with van der Waals surface area (Å²) in [5.74, 6) is -1.58. The van der Waals surface area contributed by atoms with E-state index in [-0.39, 0.29) is 21.4 Å². The second kappa shape index (κ2) is 5.90. The second-order valence-electron chi connectivity index (χ2n) is 3.80. The number of carboxylic acids is 1. The van der Waals surface area contributed by atoms with Gasteiger partial charge in [0.25, 0.3) is 5.91 Å². The average Bonchev–Trinajstić information content (AvgIpc) is 2.40. The van der Waals surface area contributed by atoms with Crippen molar-refractivity contribution in [2.75, 3.05) is 5.32 Å². The van der Waals surface area contributed by atoms with Crippen LogP contribution >= 0.6 is 23.2 Å². The molecule has 0 atom stereocenters. The van der Waals surface area contributed by atoms with Gasteiger partial charge < -0.3 is 10.4 Å². The summed E-state index contributed by atoms with van der Waals surface area (Å²) in [6.07, 6.45) is 0. The second-order valence-corrected chi connectivity index (χ2v) is 4.59. The third kappa shape index (κ3) is 3.26. The van der Waals surface area contributed by atoms with Gasteiger partial charge in [-0.1, -0.05) is 29.3 Å². The summed E-state index contributed by atoms with van der Waals surface area (Å²) in [6.45, 7) is 0. The van der Waals surface area contributed by atoms with Gasteiger partial charge >= 0.3 is 5.97 Å². The van der Waals surface area contributed by atoms with Crippen molar-refractivity contribution in [1.82, 2.24) is 4.98 Å². The summed E-state index contributed by atoms with van der Waals surface area (Å²) in [4.78, 5) is 26.6. The fraction of sp³-hybridized carbons (Fsp3) is 0. The normalized spacial score (nSPS) is 10.1. The van der Waals surface area contributed by atoms with Crippen molar-refractivity contribution in [2.24, 2.45) is 0 Å². The number of benzene rings is 1. The highest BCUT2D eigenvalue weighted by Gasteiger charge is 2.12. The lowest BCUT2D eigenvalue weighted by Gasteiger charge is -2.07. The van der Waals surface area contributed by atoms with Crippen molar-refractivity contribution in [3.8, 4) is 0 Å². The Kier molecular flexibility index (Phi) is 4.22. The third-order valence-corrected chi connectivity index (χ3v) is 2.94. The molecule has 2 N–H and O–H groups in total. The number of anilines is 1. The molecule has 0 spiro atoms. The number of aromatic nitrogens is 1. The number of carbonyl (C=O) groups excluding carboxylic acids is 1. The van der Waals surface area contributed by atoms with Crippen LogP contribution in [-0.2, 0) is 0 Å². The monoisotopic (exact) mass is 310 g/mol. The Morgan fingerprint density at radius 1 is 1.15 bits per heavy atom. The van der Waals surface area contributed by atoms with E-state index in [9.17, 15) is 9.59 Å². The van der Waals surface area contributed by atoms with Gasteiger partial charge in [-0.3, -0.25) is 4.79 Å². The van der Waals surface area contributed by atoms with E-state index in [0.717, 1.165) is 0 Å². The zero-order valence-corrected chi connectivity index (χ0v) is 11.4. The van der Waals surface area contributed by atoms with E-state index in [1.54, 1.807) is 12.1 Å². The lowest BCUT2D eigenvalue weighted by Crippen LogP contribution is -2.14. The first kappa shape index (κ1) is 14.3. The maximum absolute atomic E-state index is 11.9. The van der Waals surface area contributed by atoms with Gasteiger partial charge in [0.1, 0.15) is 10.8 Å². The number of carboxylic acid groups (broad SMARTS) is 1. The number of amides is 1. The summed E-state index contributed by atoms with van der Waals surface area (Å²) in [5.41, 5.74) is 0.466. The van der Waals surface area contributed by atoms with Gasteiger partial charge in [-0.2, -0.15) is 0 Å². The molecule has 20 heavy (non-hydrogen) atoms. The van der Waals surface area contributed by atoms with Crippen molar-refractivity contribution >= 4 is 40.8 Å². The largest absolute Gasteiger partial charge is 0.478 e. The molecule has 0 radical (unpaired) electrons. The molecule has 5 nitrogen and oxygen atoms in total. The van der Waals surface area contributed by atoms with Crippen LogP contribution in [0.2, 0.25) is 10.2 Å². The van der Waals surface area contributed by atoms with Gasteiger partial charge in [0.15, 0.2) is 0 Å². The van der Waals surface area contributed by atoms with Gasteiger partial charge in [0.2, 0.25) is 0 Å². The molecule has 1 aromatic heterocycles. The number of aromatic carboxylic acids is 1. The summed E-state index contributed by atoms with van der Waals surface area (Å²) in [7, 11) is 0. The van der Waals surface area contributed by atoms with Crippen LogP contribution in [0.1, 0.15) is 20.8 Å². The number of nitrogens with zero attached hydrogens (tertiary/aromatic N) is 1. The van der Waals surface area contributed by atoms with Crippen LogP contribution < -0.4 is 5.32 Å². The van der Waals surface area contributed by atoms with Gasteiger partial charge in [-0.05, 0) is 30.3 Å². The van der Waals surface area contributed by atoms with E-state index in [0.29, 0.717) is 5.69 Å². The summed E-state index contributed by atoms with van der Waals surface area (Å²) in [6, 6.07) is 8.65. The minimum atomic E-state index is -1.10. The van der Waals surface area contributed by atoms with Gasteiger partial charge in [-0.15, -0.1) is 0 Å². The first-order valence-electron chi connectivity index (χ1n) is 5.44. The summed E-state index contributed by atoms with van der Waals surface area (Å²) >= 11 is 11.6. The van der Waals surface area contributed by atoms with Crippen molar-refractivity contribution in [3.05, 3.63) is 57.8 Å². The third-order valence-electron chi connectivity index (χ3n) is 2.41. The van der Waals surface area contributed by atoms with Gasteiger partial charge in [0, 0.05) is 0 Å². The summed E-state index contributed by atoms with van der Waals surface area (Å²) in [5, 5.41) is 11.7. The first-order chi connectivity index (χ1) is 9.47. The fourth-order valence-electron chi connectivity index (χ4n) is 1.47. The van der Waals surface area contributed by atoms with Crippen LogP contribution in [0.3, 0.4) is 0 Å². The lowest BCUT2D eigenvalue weighted by atomic mass is 10.2. The van der Waals surface area contributed by atoms with Crippen molar-refractivity contribution in [2.45, 2.75) is 0 Å². The Balaban J connectivity index is 2.22. The molecule has 2 aromatic rings. The maximum atomic E-state index is 11.9. The molecule has 1 heterocycles. The topological polar surface area (TPSA) is 79.3 Å². The predicted octanol–water partition coefficient (Wildman–Crippen LogP) is 3.34. The Morgan fingerprint density at radius 3 is 2.50 bits per heavy atom. The van der Waals surface area contributed by atoms with Crippen LogP contribution in [0.15, 0.2) is 36.4 Å².